The fourth-order valence-electron chi connectivity index (χ4n) is 3.09. The van der Waals surface area contributed by atoms with Crippen molar-refractivity contribution in [1.82, 2.24) is 10.3 Å². The molecular formula is C17H20N2O3. The van der Waals surface area contributed by atoms with Crippen molar-refractivity contribution in [2.75, 3.05) is 6.61 Å². The third kappa shape index (κ3) is 2.90. The van der Waals surface area contributed by atoms with Gasteiger partial charge in [-0.2, -0.15) is 0 Å². The number of amides is 1. The van der Waals surface area contributed by atoms with E-state index in [1.165, 1.54) is 6.20 Å². The number of aliphatic hydroxyl groups excluding tert-OH is 1. The molecule has 22 heavy (non-hydrogen) atoms. The lowest BCUT2D eigenvalue weighted by molar-refractivity contribution is 0.0912. The van der Waals surface area contributed by atoms with Crippen LogP contribution in [0.5, 0.6) is 0 Å². The Bertz CT molecular complexity index is 730. The molecule has 3 rings (SSSR count). The van der Waals surface area contributed by atoms with Gasteiger partial charge in [0.05, 0.1) is 0 Å². The topological polar surface area (TPSA) is 82.2 Å². The van der Waals surface area contributed by atoms with Gasteiger partial charge in [-0.05, 0) is 43.7 Å². The van der Waals surface area contributed by atoms with Gasteiger partial charge in [0.1, 0.15) is 5.56 Å². The van der Waals surface area contributed by atoms with Crippen molar-refractivity contribution in [2.45, 2.75) is 31.7 Å². The number of rotatable bonds is 3. The van der Waals surface area contributed by atoms with Crippen molar-refractivity contribution < 1.29 is 9.90 Å². The normalized spacial score (nSPS) is 21.7. The average molecular weight is 300 g/mol. The van der Waals surface area contributed by atoms with E-state index in [-0.39, 0.29) is 29.5 Å². The first kappa shape index (κ1) is 14.8. The van der Waals surface area contributed by atoms with Gasteiger partial charge in [-0.1, -0.05) is 12.1 Å². The molecule has 1 aromatic carbocycles. The standard InChI is InChI=1S/C17H20N2O3/c20-10-11-5-7-12(8-6-11)19-17(22)14-9-18-15-4-2-1-3-13(15)16(14)21/h1-4,9,11-12,20H,5-8,10H2,(H,18,21)(H,19,22). The van der Waals surface area contributed by atoms with Crippen molar-refractivity contribution >= 4 is 16.8 Å². The van der Waals surface area contributed by atoms with Crippen LogP contribution in [0.2, 0.25) is 0 Å². The number of aromatic nitrogens is 1. The molecule has 1 saturated carbocycles. The molecule has 1 aliphatic rings. The molecule has 0 radical (unpaired) electrons. The van der Waals surface area contributed by atoms with Gasteiger partial charge in [0.25, 0.3) is 5.91 Å². The number of fused-ring (bicyclic) bond motifs is 1. The minimum absolute atomic E-state index is 0.0844. The molecule has 2 aromatic rings. The van der Waals surface area contributed by atoms with Crippen LogP contribution in [0.15, 0.2) is 35.3 Å². The van der Waals surface area contributed by atoms with Gasteiger partial charge in [0.2, 0.25) is 5.43 Å². The van der Waals surface area contributed by atoms with Crippen molar-refractivity contribution in [3.8, 4) is 0 Å². The second-order valence-corrected chi connectivity index (χ2v) is 5.95. The molecule has 5 nitrogen and oxygen atoms in total. The second-order valence-electron chi connectivity index (χ2n) is 5.95. The highest BCUT2D eigenvalue weighted by Gasteiger charge is 2.23. The summed E-state index contributed by atoms with van der Waals surface area (Å²) in [6.07, 6.45) is 5.01. The molecule has 3 N–H and O–H groups in total. The molecule has 0 bridgehead atoms. The molecule has 1 heterocycles. The Kier molecular flexibility index (Phi) is 4.24. The van der Waals surface area contributed by atoms with Crippen LogP contribution in [-0.2, 0) is 0 Å². The summed E-state index contributed by atoms with van der Waals surface area (Å²) in [5, 5.41) is 12.6. The Balaban J connectivity index is 1.76. The molecular weight excluding hydrogens is 280 g/mol. The Hall–Kier alpha value is -2.14. The minimum atomic E-state index is -0.320. The zero-order valence-corrected chi connectivity index (χ0v) is 12.3. The number of aromatic amines is 1. The third-order valence-electron chi connectivity index (χ3n) is 4.47. The van der Waals surface area contributed by atoms with Gasteiger partial charge in [-0.3, -0.25) is 9.59 Å². The Morgan fingerprint density at radius 2 is 1.95 bits per heavy atom. The van der Waals surface area contributed by atoms with E-state index in [1.54, 1.807) is 12.1 Å². The van der Waals surface area contributed by atoms with Gasteiger partial charge in [0.15, 0.2) is 0 Å². The van der Waals surface area contributed by atoms with E-state index >= 15 is 0 Å². The van der Waals surface area contributed by atoms with Crippen molar-refractivity contribution in [3.05, 3.63) is 46.2 Å². The summed E-state index contributed by atoms with van der Waals surface area (Å²) in [6.45, 7) is 0.213. The molecule has 0 atom stereocenters. The predicted molar refractivity (Wildman–Crippen MR) is 84.9 cm³/mol. The van der Waals surface area contributed by atoms with Crippen LogP contribution in [0.3, 0.4) is 0 Å². The number of H-pyrrole nitrogens is 1. The summed E-state index contributed by atoms with van der Waals surface area (Å²) in [5.74, 6) is 0.0247. The molecule has 116 valence electrons. The molecule has 0 unspecified atom stereocenters. The zero-order valence-electron chi connectivity index (χ0n) is 12.3. The monoisotopic (exact) mass is 300 g/mol. The van der Waals surface area contributed by atoms with Crippen molar-refractivity contribution in [2.24, 2.45) is 5.92 Å². The smallest absolute Gasteiger partial charge is 0.256 e. The highest BCUT2D eigenvalue weighted by molar-refractivity contribution is 5.97. The van der Waals surface area contributed by atoms with Crippen LogP contribution in [0.4, 0.5) is 0 Å². The van der Waals surface area contributed by atoms with Crippen molar-refractivity contribution in [3.63, 3.8) is 0 Å². The van der Waals surface area contributed by atoms with E-state index in [0.29, 0.717) is 11.3 Å². The third-order valence-corrected chi connectivity index (χ3v) is 4.47. The van der Waals surface area contributed by atoms with E-state index in [1.807, 2.05) is 12.1 Å². The van der Waals surface area contributed by atoms with Crippen LogP contribution in [0.1, 0.15) is 36.0 Å². The van der Waals surface area contributed by atoms with Crippen LogP contribution in [0, 0.1) is 5.92 Å². The number of pyridine rings is 1. The van der Waals surface area contributed by atoms with E-state index in [9.17, 15) is 9.59 Å². The number of hydrogen-bond acceptors (Lipinski definition) is 3. The van der Waals surface area contributed by atoms with E-state index in [4.69, 9.17) is 5.11 Å². The molecule has 1 aromatic heterocycles. The number of aliphatic hydroxyl groups is 1. The SMILES string of the molecule is O=C(NC1CCC(CO)CC1)c1c[nH]c2ccccc2c1=O. The fraction of sp³-hybridized carbons (Fsp3) is 0.412. The first-order valence-corrected chi connectivity index (χ1v) is 7.71. The number of hydrogen-bond donors (Lipinski definition) is 3. The lowest BCUT2D eigenvalue weighted by Crippen LogP contribution is -2.39. The van der Waals surface area contributed by atoms with Gasteiger partial charge in [-0.15, -0.1) is 0 Å². The number of nitrogens with one attached hydrogen (secondary N) is 2. The average Bonchev–Trinajstić information content (AvgIpc) is 2.56. The van der Waals surface area contributed by atoms with Crippen LogP contribution < -0.4 is 10.7 Å². The molecule has 1 amide bonds. The first-order valence-electron chi connectivity index (χ1n) is 7.71. The number of carbonyl (C=O) groups is 1. The molecule has 1 aliphatic carbocycles. The summed E-state index contributed by atoms with van der Waals surface area (Å²) in [4.78, 5) is 27.7. The summed E-state index contributed by atoms with van der Waals surface area (Å²) < 4.78 is 0. The Labute approximate surface area is 128 Å². The lowest BCUT2D eigenvalue weighted by Gasteiger charge is -2.27. The number of benzene rings is 1. The molecule has 0 saturated heterocycles. The second kappa shape index (κ2) is 6.32. The van der Waals surface area contributed by atoms with Gasteiger partial charge >= 0.3 is 0 Å². The summed E-state index contributed by atoms with van der Waals surface area (Å²) in [7, 11) is 0. The quantitative estimate of drug-likeness (QED) is 0.808. The Morgan fingerprint density at radius 1 is 1.23 bits per heavy atom. The highest BCUT2D eigenvalue weighted by atomic mass is 16.3. The van der Waals surface area contributed by atoms with Crippen molar-refractivity contribution in [1.29, 1.82) is 0 Å². The minimum Gasteiger partial charge on any atom is -0.396 e. The molecule has 0 aliphatic heterocycles. The maximum atomic E-state index is 12.4. The number of para-hydroxylation sites is 1. The molecule has 1 fully saturated rings. The maximum absolute atomic E-state index is 12.4. The van der Waals surface area contributed by atoms with Gasteiger partial charge in [-0.25, -0.2) is 0 Å². The molecule has 5 heteroatoms. The lowest BCUT2D eigenvalue weighted by atomic mass is 9.86. The van der Waals surface area contributed by atoms with Gasteiger partial charge in [0, 0.05) is 29.7 Å². The van der Waals surface area contributed by atoms with Crippen LogP contribution in [0.25, 0.3) is 10.9 Å². The summed E-state index contributed by atoms with van der Waals surface area (Å²) in [6, 6.07) is 7.25. The fourth-order valence-corrected chi connectivity index (χ4v) is 3.09. The maximum Gasteiger partial charge on any atom is 0.256 e. The van der Waals surface area contributed by atoms with E-state index < -0.39 is 0 Å². The summed E-state index contributed by atoms with van der Waals surface area (Å²) in [5.41, 5.74) is 0.645. The molecule has 0 spiro atoms. The van der Waals surface area contributed by atoms with Crippen LogP contribution in [-0.4, -0.2) is 28.6 Å². The van der Waals surface area contributed by atoms with Gasteiger partial charge < -0.3 is 15.4 Å². The van der Waals surface area contributed by atoms with E-state index in [2.05, 4.69) is 10.3 Å². The highest BCUT2D eigenvalue weighted by Crippen LogP contribution is 2.23. The van der Waals surface area contributed by atoms with E-state index in [0.717, 1.165) is 31.2 Å². The zero-order chi connectivity index (χ0) is 15.5. The predicted octanol–water partition coefficient (Wildman–Crippen LogP) is 1.81. The van der Waals surface area contributed by atoms with Crippen LogP contribution >= 0.6 is 0 Å². The Morgan fingerprint density at radius 3 is 2.68 bits per heavy atom. The summed E-state index contributed by atoms with van der Waals surface area (Å²) >= 11 is 0. The number of carbonyl (C=O) groups excluding carboxylic acids is 1. The first-order chi connectivity index (χ1) is 10.7. The largest absolute Gasteiger partial charge is 0.396 e.